The first-order valence-corrected chi connectivity index (χ1v) is 12.2. The molecule has 0 radical (unpaired) electrons. The summed E-state index contributed by atoms with van der Waals surface area (Å²) in [4.78, 5) is 41.6. The van der Waals surface area contributed by atoms with Gasteiger partial charge in [0, 0.05) is 11.6 Å². The Morgan fingerprint density at radius 2 is 1.47 bits per heavy atom. The Bertz CT molecular complexity index is 833. The van der Waals surface area contributed by atoms with Gasteiger partial charge in [-0.1, -0.05) is 45.0 Å². The van der Waals surface area contributed by atoms with Crippen molar-refractivity contribution in [1.29, 1.82) is 0 Å². The molecule has 0 aliphatic carbocycles. The fourth-order valence-electron chi connectivity index (χ4n) is 3.60. The highest BCUT2D eigenvalue weighted by Crippen LogP contribution is 2.27. The highest BCUT2D eigenvalue weighted by molar-refractivity contribution is 5.92. The Morgan fingerprint density at radius 3 is 1.85 bits per heavy atom. The SMILES string of the molecule is CCc1ccc(C(C(=O)NC(C)(C)C)N(C(=O)C(NC(=O)OC(C)(C)C)C(C)C)C(C)C)cc1. The van der Waals surface area contributed by atoms with Crippen molar-refractivity contribution >= 4 is 17.9 Å². The smallest absolute Gasteiger partial charge is 0.408 e. The van der Waals surface area contributed by atoms with Crippen molar-refractivity contribution in [2.24, 2.45) is 5.92 Å². The molecule has 7 heteroatoms. The number of rotatable bonds is 8. The number of carbonyl (C=O) groups excluding carboxylic acids is 3. The summed E-state index contributed by atoms with van der Waals surface area (Å²) < 4.78 is 5.39. The summed E-state index contributed by atoms with van der Waals surface area (Å²) in [7, 11) is 0. The van der Waals surface area contributed by atoms with E-state index in [0.29, 0.717) is 0 Å². The Kier molecular flexibility index (Phi) is 10.2. The molecule has 2 unspecified atom stereocenters. The quantitative estimate of drug-likeness (QED) is 0.554. The molecule has 3 amide bonds. The number of carbonyl (C=O) groups is 3. The molecular weight excluding hydrogens is 430 g/mol. The Morgan fingerprint density at radius 1 is 0.941 bits per heavy atom. The van der Waals surface area contributed by atoms with Crippen LogP contribution in [-0.4, -0.2) is 46.0 Å². The van der Waals surface area contributed by atoms with Crippen molar-refractivity contribution in [2.75, 3.05) is 0 Å². The van der Waals surface area contributed by atoms with Gasteiger partial charge in [-0.2, -0.15) is 0 Å². The van der Waals surface area contributed by atoms with E-state index in [4.69, 9.17) is 4.74 Å². The summed E-state index contributed by atoms with van der Waals surface area (Å²) in [6.07, 6.45) is 0.215. The number of hydrogen-bond acceptors (Lipinski definition) is 4. The summed E-state index contributed by atoms with van der Waals surface area (Å²) in [5.41, 5.74) is 0.702. The van der Waals surface area contributed by atoms with Gasteiger partial charge in [0.2, 0.25) is 11.8 Å². The molecule has 0 spiro atoms. The van der Waals surface area contributed by atoms with E-state index in [1.54, 1.807) is 25.7 Å². The van der Waals surface area contributed by atoms with E-state index in [9.17, 15) is 14.4 Å². The van der Waals surface area contributed by atoms with Crippen LogP contribution < -0.4 is 10.6 Å². The average Bonchev–Trinajstić information content (AvgIpc) is 2.66. The first kappa shape index (κ1) is 29.5. The summed E-state index contributed by atoms with van der Waals surface area (Å²) in [6.45, 7) is 20.6. The molecule has 1 aromatic rings. The van der Waals surface area contributed by atoms with Crippen LogP contribution in [0.5, 0.6) is 0 Å². The fourth-order valence-corrected chi connectivity index (χ4v) is 3.60. The molecule has 0 aliphatic rings. The second-order valence-corrected chi connectivity index (χ2v) is 11.4. The van der Waals surface area contributed by atoms with Crippen LogP contribution in [0.1, 0.15) is 93.3 Å². The topological polar surface area (TPSA) is 87.7 Å². The van der Waals surface area contributed by atoms with Crippen LogP contribution >= 0.6 is 0 Å². The zero-order chi connectivity index (χ0) is 26.4. The van der Waals surface area contributed by atoms with E-state index in [1.165, 1.54) is 0 Å². The van der Waals surface area contributed by atoms with Crippen LogP contribution in [0, 0.1) is 5.92 Å². The number of hydrogen-bond donors (Lipinski definition) is 2. The number of aryl methyl sites for hydroxylation is 1. The van der Waals surface area contributed by atoms with Crippen LogP contribution in [0.3, 0.4) is 0 Å². The van der Waals surface area contributed by atoms with E-state index < -0.39 is 29.3 Å². The zero-order valence-electron chi connectivity index (χ0n) is 22.9. The molecule has 0 aromatic heterocycles. The minimum atomic E-state index is -0.850. The molecule has 0 saturated carbocycles. The Balaban J connectivity index is 3.47. The van der Waals surface area contributed by atoms with E-state index >= 15 is 0 Å². The number of amides is 3. The lowest BCUT2D eigenvalue weighted by Gasteiger charge is -2.39. The highest BCUT2D eigenvalue weighted by atomic mass is 16.6. The minimum absolute atomic E-state index is 0.213. The molecule has 7 nitrogen and oxygen atoms in total. The summed E-state index contributed by atoms with van der Waals surface area (Å²) in [5, 5.41) is 5.77. The monoisotopic (exact) mass is 475 g/mol. The first-order valence-electron chi connectivity index (χ1n) is 12.2. The Labute approximate surface area is 206 Å². The van der Waals surface area contributed by atoms with Gasteiger partial charge in [-0.15, -0.1) is 0 Å². The van der Waals surface area contributed by atoms with Gasteiger partial charge >= 0.3 is 6.09 Å². The number of nitrogens with zero attached hydrogens (tertiary/aromatic N) is 1. The predicted molar refractivity (Wildman–Crippen MR) is 136 cm³/mol. The van der Waals surface area contributed by atoms with Crippen LogP contribution in [0.15, 0.2) is 24.3 Å². The summed E-state index contributed by atoms with van der Waals surface area (Å²) in [5.74, 6) is -0.807. The number of nitrogens with one attached hydrogen (secondary N) is 2. The summed E-state index contributed by atoms with van der Waals surface area (Å²) in [6, 6.07) is 5.77. The molecule has 0 bridgehead atoms. The first-order chi connectivity index (χ1) is 15.5. The molecule has 2 atom stereocenters. The van der Waals surface area contributed by atoms with Crippen molar-refractivity contribution in [3.63, 3.8) is 0 Å². The van der Waals surface area contributed by atoms with Crippen LogP contribution in [0.25, 0.3) is 0 Å². The minimum Gasteiger partial charge on any atom is -0.444 e. The molecule has 0 heterocycles. The standard InChI is InChI=1S/C27H45N3O4/c1-12-19-13-15-20(16-14-19)22(23(31)29-26(6,7)8)30(18(4)5)24(32)21(17(2)3)28-25(33)34-27(9,10)11/h13-18,21-22H,12H2,1-11H3,(H,28,33)(H,29,31). The number of ether oxygens (including phenoxy) is 1. The molecular formula is C27H45N3O4. The maximum atomic E-state index is 13.9. The van der Waals surface area contributed by atoms with E-state index in [2.05, 4.69) is 17.6 Å². The molecule has 0 saturated heterocycles. The molecule has 192 valence electrons. The normalized spacial score (nSPS) is 13.9. The maximum absolute atomic E-state index is 13.9. The van der Waals surface area contributed by atoms with Gasteiger partial charge in [-0.05, 0) is 78.9 Å². The second-order valence-electron chi connectivity index (χ2n) is 11.4. The molecule has 34 heavy (non-hydrogen) atoms. The third-order valence-electron chi connectivity index (χ3n) is 5.14. The van der Waals surface area contributed by atoms with Gasteiger partial charge in [0.15, 0.2) is 0 Å². The van der Waals surface area contributed by atoms with Crippen LogP contribution in [0.4, 0.5) is 4.79 Å². The number of benzene rings is 1. The molecule has 1 rings (SSSR count). The van der Waals surface area contributed by atoms with Gasteiger partial charge in [0.25, 0.3) is 0 Å². The lowest BCUT2D eigenvalue weighted by atomic mass is 9.96. The largest absolute Gasteiger partial charge is 0.444 e. The van der Waals surface area contributed by atoms with Crippen molar-refractivity contribution in [1.82, 2.24) is 15.5 Å². The van der Waals surface area contributed by atoms with Gasteiger partial charge in [-0.25, -0.2) is 4.79 Å². The summed E-state index contributed by atoms with van der Waals surface area (Å²) >= 11 is 0. The van der Waals surface area contributed by atoms with Crippen LogP contribution in [-0.2, 0) is 20.7 Å². The molecule has 2 N–H and O–H groups in total. The van der Waals surface area contributed by atoms with Gasteiger partial charge in [0.05, 0.1) is 0 Å². The van der Waals surface area contributed by atoms with E-state index in [-0.39, 0.29) is 23.8 Å². The lowest BCUT2D eigenvalue weighted by molar-refractivity contribution is -0.146. The highest BCUT2D eigenvalue weighted by Gasteiger charge is 2.39. The van der Waals surface area contributed by atoms with Crippen molar-refractivity contribution in [3.8, 4) is 0 Å². The van der Waals surface area contributed by atoms with E-state index in [1.807, 2.05) is 72.7 Å². The maximum Gasteiger partial charge on any atom is 0.408 e. The third-order valence-corrected chi connectivity index (χ3v) is 5.14. The Hall–Kier alpha value is -2.57. The number of alkyl carbamates (subject to hydrolysis) is 1. The molecule has 0 aliphatic heterocycles. The van der Waals surface area contributed by atoms with E-state index in [0.717, 1.165) is 17.5 Å². The fraction of sp³-hybridized carbons (Fsp3) is 0.667. The van der Waals surface area contributed by atoms with Crippen molar-refractivity contribution in [3.05, 3.63) is 35.4 Å². The third kappa shape index (κ3) is 8.99. The van der Waals surface area contributed by atoms with Gasteiger partial charge in [0.1, 0.15) is 17.7 Å². The second kappa shape index (κ2) is 11.7. The lowest BCUT2D eigenvalue weighted by Crippen LogP contribution is -2.57. The molecule has 0 fully saturated rings. The van der Waals surface area contributed by atoms with Crippen molar-refractivity contribution in [2.45, 2.75) is 112 Å². The van der Waals surface area contributed by atoms with Crippen LogP contribution in [0.2, 0.25) is 0 Å². The average molecular weight is 476 g/mol. The zero-order valence-corrected chi connectivity index (χ0v) is 22.9. The van der Waals surface area contributed by atoms with Gasteiger partial charge < -0.3 is 20.3 Å². The van der Waals surface area contributed by atoms with Gasteiger partial charge in [-0.3, -0.25) is 9.59 Å². The molecule has 1 aromatic carbocycles. The predicted octanol–water partition coefficient (Wildman–Crippen LogP) is 4.99. The van der Waals surface area contributed by atoms with Crippen molar-refractivity contribution < 1.29 is 19.1 Å².